The Morgan fingerprint density at radius 1 is 1.25 bits per heavy atom. The summed E-state index contributed by atoms with van der Waals surface area (Å²) < 4.78 is 16.8. The van der Waals surface area contributed by atoms with Gasteiger partial charge in [-0.25, -0.2) is 0 Å². The molecule has 0 aromatic rings. The maximum Gasteiger partial charge on any atom is 0.0990 e. The second-order valence-electron chi connectivity index (χ2n) is 4.38. The smallest absolute Gasteiger partial charge is 0.0990 e. The minimum atomic E-state index is 0.203. The van der Waals surface area contributed by atoms with E-state index in [2.05, 4.69) is 5.32 Å². The number of likely N-dealkylation sites (N-methyl/N-ethyl adjacent to an activating group) is 1. The third-order valence-electron chi connectivity index (χ3n) is 2.85. The zero-order valence-electron chi connectivity index (χ0n) is 10.9. The van der Waals surface area contributed by atoms with Gasteiger partial charge in [0.1, 0.15) is 0 Å². The summed E-state index contributed by atoms with van der Waals surface area (Å²) >= 11 is 0. The van der Waals surface area contributed by atoms with E-state index in [9.17, 15) is 0 Å². The van der Waals surface area contributed by atoms with Gasteiger partial charge in [-0.2, -0.15) is 0 Å². The first-order chi connectivity index (χ1) is 7.69. The number of ether oxygens (including phenoxy) is 3. The van der Waals surface area contributed by atoms with E-state index in [1.165, 1.54) is 0 Å². The van der Waals surface area contributed by atoms with Crippen LogP contribution >= 0.6 is 0 Å². The first kappa shape index (κ1) is 13.9. The first-order valence-electron chi connectivity index (χ1n) is 6.21. The molecule has 1 aliphatic carbocycles. The molecule has 4 heteroatoms. The van der Waals surface area contributed by atoms with Crippen molar-refractivity contribution in [1.82, 2.24) is 5.32 Å². The summed E-state index contributed by atoms with van der Waals surface area (Å²) in [5, 5.41) is 3.24. The summed E-state index contributed by atoms with van der Waals surface area (Å²) in [6.45, 7) is 8.14. The molecule has 1 aliphatic rings. The van der Waals surface area contributed by atoms with Crippen LogP contribution in [0.2, 0.25) is 0 Å². The molecule has 0 radical (unpaired) electrons. The molecule has 1 saturated carbocycles. The highest BCUT2D eigenvalue weighted by atomic mass is 16.6. The first-order valence-corrected chi connectivity index (χ1v) is 6.21. The standard InChI is InChI=1S/C12H25NO3/c1-5-14-12-10(13-4)8-11(12)16-7-6-15-9(2)3/h9-13H,5-8H2,1-4H3. The monoisotopic (exact) mass is 231 g/mol. The van der Waals surface area contributed by atoms with Gasteiger partial charge in [-0.15, -0.1) is 0 Å². The molecule has 0 spiro atoms. The van der Waals surface area contributed by atoms with Gasteiger partial charge >= 0.3 is 0 Å². The van der Waals surface area contributed by atoms with Crippen molar-refractivity contribution in [1.29, 1.82) is 0 Å². The zero-order chi connectivity index (χ0) is 12.0. The minimum Gasteiger partial charge on any atom is -0.376 e. The molecule has 0 aliphatic heterocycles. The van der Waals surface area contributed by atoms with Crippen molar-refractivity contribution in [3.05, 3.63) is 0 Å². The van der Waals surface area contributed by atoms with Crippen molar-refractivity contribution in [2.24, 2.45) is 0 Å². The third kappa shape index (κ3) is 4.01. The fraction of sp³-hybridized carbons (Fsp3) is 1.00. The van der Waals surface area contributed by atoms with E-state index in [-0.39, 0.29) is 18.3 Å². The quantitative estimate of drug-likeness (QED) is 0.637. The number of hydrogen-bond acceptors (Lipinski definition) is 4. The SMILES string of the molecule is CCOC1C(NC)CC1OCCOC(C)C. The number of nitrogens with one attached hydrogen (secondary N) is 1. The molecule has 0 aromatic heterocycles. The second-order valence-corrected chi connectivity index (χ2v) is 4.38. The molecule has 0 heterocycles. The van der Waals surface area contributed by atoms with Gasteiger partial charge in [-0.05, 0) is 34.2 Å². The van der Waals surface area contributed by atoms with Crippen LogP contribution in [0, 0.1) is 0 Å². The van der Waals surface area contributed by atoms with Gasteiger partial charge in [0.2, 0.25) is 0 Å². The average molecular weight is 231 g/mol. The van der Waals surface area contributed by atoms with Gasteiger partial charge in [0.05, 0.1) is 31.5 Å². The molecule has 0 amide bonds. The van der Waals surface area contributed by atoms with E-state index in [4.69, 9.17) is 14.2 Å². The van der Waals surface area contributed by atoms with E-state index in [0.717, 1.165) is 13.0 Å². The average Bonchev–Trinajstić information content (AvgIpc) is 2.23. The van der Waals surface area contributed by atoms with Crippen LogP contribution in [0.5, 0.6) is 0 Å². The Labute approximate surface area is 98.6 Å². The highest BCUT2D eigenvalue weighted by molar-refractivity contribution is 4.96. The van der Waals surface area contributed by atoms with Gasteiger partial charge < -0.3 is 19.5 Å². The van der Waals surface area contributed by atoms with Crippen molar-refractivity contribution >= 4 is 0 Å². The Kier molecular flexibility index (Phi) is 6.28. The largest absolute Gasteiger partial charge is 0.376 e. The summed E-state index contributed by atoms with van der Waals surface area (Å²) in [5.74, 6) is 0. The molecular formula is C12H25NO3. The van der Waals surface area contributed by atoms with Gasteiger partial charge in [0.15, 0.2) is 0 Å². The van der Waals surface area contributed by atoms with Crippen molar-refractivity contribution in [3.8, 4) is 0 Å². The summed E-state index contributed by atoms with van der Waals surface area (Å²) in [6.07, 6.45) is 1.74. The van der Waals surface area contributed by atoms with Gasteiger partial charge in [0.25, 0.3) is 0 Å². The number of rotatable bonds is 8. The predicted molar refractivity (Wildman–Crippen MR) is 63.7 cm³/mol. The van der Waals surface area contributed by atoms with Crippen LogP contribution in [0.15, 0.2) is 0 Å². The fourth-order valence-corrected chi connectivity index (χ4v) is 1.93. The lowest BCUT2D eigenvalue weighted by atomic mass is 9.85. The van der Waals surface area contributed by atoms with E-state index in [1.807, 2.05) is 27.8 Å². The Balaban J connectivity index is 2.12. The van der Waals surface area contributed by atoms with Crippen LogP contribution in [0.1, 0.15) is 27.2 Å². The van der Waals surface area contributed by atoms with Crippen molar-refractivity contribution < 1.29 is 14.2 Å². The summed E-state index contributed by atoms with van der Waals surface area (Å²) in [4.78, 5) is 0. The van der Waals surface area contributed by atoms with Crippen LogP contribution in [-0.2, 0) is 14.2 Å². The van der Waals surface area contributed by atoms with Crippen LogP contribution < -0.4 is 5.32 Å². The van der Waals surface area contributed by atoms with Crippen LogP contribution in [0.25, 0.3) is 0 Å². The lowest BCUT2D eigenvalue weighted by Gasteiger charge is -2.43. The summed E-state index contributed by atoms with van der Waals surface area (Å²) in [5.41, 5.74) is 0. The minimum absolute atomic E-state index is 0.203. The zero-order valence-corrected chi connectivity index (χ0v) is 10.9. The number of hydrogen-bond donors (Lipinski definition) is 1. The predicted octanol–water partition coefficient (Wildman–Crippen LogP) is 1.19. The molecule has 3 atom stereocenters. The van der Waals surface area contributed by atoms with Crippen LogP contribution in [0.4, 0.5) is 0 Å². The van der Waals surface area contributed by atoms with E-state index >= 15 is 0 Å². The molecule has 96 valence electrons. The third-order valence-corrected chi connectivity index (χ3v) is 2.85. The molecule has 0 bridgehead atoms. The highest BCUT2D eigenvalue weighted by Crippen LogP contribution is 2.26. The van der Waals surface area contributed by atoms with Crippen LogP contribution in [0.3, 0.4) is 0 Å². The Hall–Kier alpha value is -0.160. The van der Waals surface area contributed by atoms with Crippen LogP contribution in [-0.4, -0.2) is 51.2 Å². The van der Waals surface area contributed by atoms with Gasteiger partial charge in [0, 0.05) is 12.6 Å². The molecule has 1 fully saturated rings. The highest BCUT2D eigenvalue weighted by Gasteiger charge is 2.41. The molecule has 0 aromatic carbocycles. The molecule has 1 N–H and O–H groups in total. The maximum atomic E-state index is 5.74. The van der Waals surface area contributed by atoms with E-state index < -0.39 is 0 Å². The fourth-order valence-electron chi connectivity index (χ4n) is 1.93. The molecule has 16 heavy (non-hydrogen) atoms. The topological polar surface area (TPSA) is 39.7 Å². The molecule has 3 unspecified atom stereocenters. The molecule has 0 saturated heterocycles. The lowest BCUT2D eigenvalue weighted by Crippen LogP contribution is -2.59. The molecule has 4 nitrogen and oxygen atoms in total. The van der Waals surface area contributed by atoms with Crippen molar-refractivity contribution in [3.63, 3.8) is 0 Å². The Bertz CT molecular complexity index is 187. The van der Waals surface area contributed by atoms with Crippen molar-refractivity contribution in [2.45, 2.75) is 51.5 Å². The van der Waals surface area contributed by atoms with E-state index in [1.54, 1.807) is 0 Å². The Morgan fingerprint density at radius 2 is 2.00 bits per heavy atom. The second kappa shape index (κ2) is 7.22. The van der Waals surface area contributed by atoms with Gasteiger partial charge in [-0.1, -0.05) is 0 Å². The normalized spacial score (nSPS) is 29.4. The Morgan fingerprint density at radius 3 is 2.56 bits per heavy atom. The van der Waals surface area contributed by atoms with E-state index in [0.29, 0.717) is 19.3 Å². The van der Waals surface area contributed by atoms with Gasteiger partial charge in [-0.3, -0.25) is 0 Å². The lowest BCUT2D eigenvalue weighted by molar-refractivity contribution is -0.151. The maximum absolute atomic E-state index is 5.74. The molecule has 1 rings (SSSR count). The summed E-state index contributed by atoms with van der Waals surface area (Å²) in [6, 6.07) is 0.441. The summed E-state index contributed by atoms with van der Waals surface area (Å²) in [7, 11) is 1.97. The van der Waals surface area contributed by atoms with Crippen molar-refractivity contribution in [2.75, 3.05) is 26.9 Å². The molecular weight excluding hydrogens is 206 g/mol.